The number of hydrogen-bond acceptors (Lipinski definition) is 8. The summed E-state index contributed by atoms with van der Waals surface area (Å²) in [5.41, 5.74) is 9.01. The number of imidazole rings is 1. The molecule has 0 bridgehead atoms. The maximum absolute atomic E-state index is 14.4. The SMILES string of the molecule is Cc1nc(CN2C(=O)c3c(nc(N4CCC[C@@H](N)C4)n3Cc3ccccc3)N3CCN=C23)nc2c1=CCCC=2. The van der Waals surface area contributed by atoms with E-state index in [-0.39, 0.29) is 18.5 Å². The molecule has 2 aromatic heterocycles. The molecule has 3 aromatic rings. The van der Waals surface area contributed by atoms with Crippen LogP contribution in [0.2, 0.25) is 0 Å². The molecule has 200 valence electrons. The molecule has 1 atom stereocenters. The second-order valence-electron chi connectivity index (χ2n) is 10.7. The minimum atomic E-state index is -0.118. The van der Waals surface area contributed by atoms with Crippen LogP contribution in [0.15, 0.2) is 35.3 Å². The molecule has 10 nitrogen and oxygen atoms in total. The highest BCUT2D eigenvalue weighted by molar-refractivity contribution is 6.18. The van der Waals surface area contributed by atoms with Gasteiger partial charge in [-0.1, -0.05) is 42.5 Å². The standard InChI is InChI=1S/C29H33N9O/c1-19-22-11-5-6-12-23(22)33-24(32-19)18-38-27(39)25-26(36-15-13-31-28(36)38)34-29(35-14-7-10-21(30)17-35)37(25)16-20-8-3-2-4-9-20/h2-4,8-9,11-12,21H,5-7,10,13-18,30H2,1H3/t21-/m1/s1. The number of benzene rings is 1. The number of carbonyl (C=O) groups excluding carboxylic acids is 1. The van der Waals surface area contributed by atoms with Crippen LogP contribution in [-0.4, -0.2) is 68.5 Å². The first-order valence-corrected chi connectivity index (χ1v) is 13.9. The molecule has 1 aromatic carbocycles. The lowest BCUT2D eigenvalue weighted by atomic mass is 10.1. The Hall–Kier alpha value is -4.05. The number of hydrogen-bond donors (Lipinski definition) is 1. The highest BCUT2D eigenvalue weighted by atomic mass is 16.2. The number of guanidine groups is 1. The lowest BCUT2D eigenvalue weighted by Gasteiger charge is -2.33. The van der Waals surface area contributed by atoms with E-state index in [0.717, 1.165) is 66.5 Å². The summed E-state index contributed by atoms with van der Waals surface area (Å²) in [6.45, 7) is 5.70. The molecule has 1 fully saturated rings. The molecule has 0 saturated carbocycles. The quantitative estimate of drug-likeness (QED) is 0.534. The number of piperidine rings is 1. The number of rotatable bonds is 5. The van der Waals surface area contributed by atoms with E-state index in [1.807, 2.05) is 25.1 Å². The molecule has 1 aliphatic carbocycles. The minimum absolute atomic E-state index is 0.0900. The zero-order valence-electron chi connectivity index (χ0n) is 22.3. The molecular weight excluding hydrogens is 490 g/mol. The molecule has 4 aliphatic rings. The van der Waals surface area contributed by atoms with E-state index in [1.165, 1.54) is 0 Å². The molecule has 1 saturated heterocycles. The summed E-state index contributed by atoms with van der Waals surface area (Å²) in [7, 11) is 0. The highest BCUT2D eigenvalue weighted by Crippen LogP contribution is 2.35. The Bertz CT molecular complexity index is 1590. The number of nitrogens with two attached hydrogens (primary N) is 1. The van der Waals surface area contributed by atoms with Gasteiger partial charge in [0.05, 0.1) is 25.0 Å². The molecule has 10 heteroatoms. The second-order valence-corrected chi connectivity index (χ2v) is 10.7. The molecule has 39 heavy (non-hydrogen) atoms. The Labute approximate surface area is 227 Å². The summed E-state index contributed by atoms with van der Waals surface area (Å²) in [4.78, 5) is 39.9. The van der Waals surface area contributed by atoms with Gasteiger partial charge < -0.3 is 10.6 Å². The van der Waals surface area contributed by atoms with E-state index >= 15 is 0 Å². The first kappa shape index (κ1) is 24.0. The van der Waals surface area contributed by atoms with Crippen LogP contribution < -0.4 is 26.1 Å². The molecule has 0 radical (unpaired) electrons. The van der Waals surface area contributed by atoms with E-state index in [9.17, 15) is 4.79 Å². The smallest absolute Gasteiger partial charge is 0.281 e. The van der Waals surface area contributed by atoms with Gasteiger partial charge in [0.1, 0.15) is 5.82 Å². The molecule has 3 aliphatic heterocycles. The van der Waals surface area contributed by atoms with Gasteiger partial charge >= 0.3 is 0 Å². The van der Waals surface area contributed by atoms with Crippen LogP contribution in [0.5, 0.6) is 0 Å². The maximum atomic E-state index is 14.4. The summed E-state index contributed by atoms with van der Waals surface area (Å²) in [6, 6.07) is 10.3. The van der Waals surface area contributed by atoms with Gasteiger partial charge in [0, 0.05) is 36.6 Å². The molecular formula is C29H33N9O. The Morgan fingerprint density at radius 1 is 1.03 bits per heavy atom. The van der Waals surface area contributed by atoms with Crippen LogP contribution in [0.4, 0.5) is 11.8 Å². The van der Waals surface area contributed by atoms with E-state index < -0.39 is 0 Å². The van der Waals surface area contributed by atoms with Crippen molar-refractivity contribution in [3.63, 3.8) is 0 Å². The first-order valence-electron chi connectivity index (χ1n) is 13.9. The normalized spacial score (nSPS) is 20.2. The molecule has 0 unspecified atom stereocenters. The summed E-state index contributed by atoms with van der Waals surface area (Å²) in [5, 5.41) is 2.05. The third-order valence-electron chi connectivity index (χ3n) is 7.98. The predicted molar refractivity (Wildman–Crippen MR) is 151 cm³/mol. The Balaban J connectivity index is 1.33. The number of anilines is 2. The van der Waals surface area contributed by atoms with Crippen LogP contribution >= 0.6 is 0 Å². The summed E-state index contributed by atoms with van der Waals surface area (Å²) < 4.78 is 2.08. The van der Waals surface area contributed by atoms with Crippen LogP contribution in [-0.2, 0) is 13.1 Å². The van der Waals surface area contributed by atoms with Crippen molar-refractivity contribution in [2.75, 3.05) is 36.0 Å². The van der Waals surface area contributed by atoms with Crippen LogP contribution in [0.3, 0.4) is 0 Å². The van der Waals surface area contributed by atoms with Gasteiger partial charge in [-0.3, -0.25) is 24.2 Å². The number of aryl methyl sites for hydroxylation is 1. The van der Waals surface area contributed by atoms with Crippen molar-refractivity contribution in [3.05, 3.63) is 63.7 Å². The molecule has 1 amide bonds. The predicted octanol–water partition coefficient (Wildman–Crippen LogP) is 1.14. The molecule has 5 heterocycles. The fourth-order valence-electron chi connectivity index (χ4n) is 6.14. The van der Waals surface area contributed by atoms with E-state index in [2.05, 4.69) is 38.7 Å². The summed E-state index contributed by atoms with van der Waals surface area (Å²) in [5.74, 6) is 2.62. The van der Waals surface area contributed by atoms with Gasteiger partial charge in [-0.25, -0.2) is 9.97 Å². The lowest BCUT2D eigenvalue weighted by molar-refractivity contribution is 0.0820. The van der Waals surface area contributed by atoms with Crippen molar-refractivity contribution in [1.29, 1.82) is 0 Å². The topological polar surface area (TPSA) is 109 Å². The third-order valence-corrected chi connectivity index (χ3v) is 7.98. The van der Waals surface area contributed by atoms with Crippen LogP contribution in [0.25, 0.3) is 12.2 Å². The minimum Gasteiger partial charge on any atom is -0.341 e. The number of amides is 1. The maximum Gasteiger partial charge on any atom is 0.281 e. The molecule has 2 N–H and O–H groups in total. The van der Waals surface area contributed by atoms with Crippen molar-refractivity contribution in [3.8, 4) is 0 Å². The highest BCUT2D eigenvalue weighted by Gasteiger charge is 2.43. The van der Waals surface area contributed by atoms with Gasteiger partial charge in [0.15, 0.2) is 11.5 Å². The Morgan fingerprint density at radius 2 is 1.87 bits per heavy atom. The fourth-order valence-corrected chi connectivity index (χ4v) is 6.14. The second kappa shape index (κ2) is 9.60. The average Bonchev–Trinajstić information content (AvgIpc) is 3.57. The van der Waals surface area contributed by atoms with Crippen molar-refractivity contribution in [1.82, 2.24) is 24.4 Å². The Morgan fingerprint density at radius 3 is 2.72 bits per heavy atom. The largest absolute Gasteiger partial charge is 0.341 e. The van der Waals surface area contributed by atoms with Gasteiger partial charge in [-0.05, 0) is 38.2 Å². The first-order chi connectivity index (χ1) is 19.1. The van der Waals surface area contributed by atoms with Crippen LogP contribution in [0, 0.1) is 6.92 Å². The van der Waals surface area contributed by atoms with E-state index in [1.54, 1.807) is 4.90 Å². The van der Waals surface area contributed by atoms with Gasteiger partial charge in [0.2, 0.25) is 11.9 Å². The van der Waals surface area contributed by atoms with Crippen molar-refractivity contribution in [2.24, 2.45) is 10.7 Å². The zero-order chi connectivity index (χ0) is 26.5. The molecule has 0 spiro atoms. The summed E-state index contributed by atoms with van der Waals surface area (Å²) in [6.07, 6.45) is 8.34. The summed E-state index contributed by atoms with van der Waals surface area (Å²) >= 11 is 0. The van der Waals surface area contributed by atoms with Crippen molar-refractivity contribution < 1.29 is 4.79 Å². The monoisotopic (exact) mass is 523 g/mol. The van der Waals surface area contributed by atoms with E-state index in [0.29, 0.717) is 42.9 Å². The Kier molecular flexibility index (Phi) is 5.92. The number of fused-ring (bicyclic) bond motifs is 4. The number of carbonyl (C=O) groups is 1. The fraction of sp³-hybridized carbons (Fsp3) is 0.414. The number of aromatic nitrogens is 4. The lowest BCUT2D eigenvalue weighted by Crippen LogP contribution is -2.51. The number of nitrogens with zero attached hydrogens (tertiary/aromatic N) is 8. The third kappa shape index (κ3) is 4.19. The van der Waals surface area contributed by atoms with Crippen LogP contribution in [0.1, 0.15) is 53.3 Å². The van der Waals surface area contributed by atoms with Gasteiger partial charge in [-0.2, -0.15) is 4.98 Å². The number of aliphatic imine (C=N–C) groups is 1. The molecule has 7 rings (SSSR count). The van der Waals surface area contributed by atoms with Crippen molar-refractivity contribution >= 4 is 35.8 Å². The van der Waals surface area contributed by atoms with Crippen molar-refractivity contribution in [2.45, 2.75) is 51.7 Å². The average molecular weight is 524 g/mol. The zero-order valence-corrected chi connectivity index (χ0v) is 22.3. The van der Waals surface area contributed by atoms with Gasteiger partial charge in [0.25, 0.3) is 5.91 Å². The van der Waals surface area contributed by atoms with Gasteiger partial charge in [-0.15, -0.1) is 0 Å². The van der Waals surface area contributed by atoms with E-state index in [4.69, 9.17) is 25.7 Å².